The third-order valence-electron chi connectivity index (χ3n) is 4.61. The van der Waals surface area contributed by atoms with Crippen LogP contribution in [0.25, 0.3) is 27.7 Å². The molecule has 0 amide bonds. The molecule has 0 radical (unpaired) electrons. The summed E-state index contributed by atoms with van der Waals surface area (Å²) in [6.07, 6.45) is 4.92. The fraction of sp³-hybridized carbons (Fsp3) is 0.0909. The van der Waals surface area contributed by atoms with E-state index >= 15 is 0 Å². The van der Waals surface area contributed by atoms with Crippen molar-refractivity contribution in [3.63, 3.8) is 0 Å². The molecule has 0 saturated carbocycles. The normalized spacial score (nSPS) is 10.8. The van der Waals surface area contributed by atoms with Crippen molar-refractivity contribution in [2.45, 2.75) is 6.92 Å². The number of carbonyl (C=O) groups excluding carboxylic acids is 1. The average Bonchev–Trinajstić information content (AvgIpc) is 2.74. The van der Waals surface area contributed by atoms with Crippen molar-refractivity contribution in [3.05, 3.63) is 88.7 Å². The zero-order valence-corrected chi connectivity index (χ0v) is 15.4. The molecule has 0 aliphatic rings. The molecule has 0 aliphatic carbocycles. The molecule has 0 spiro atoms. The van der Waals surface area contributed by atoms with Gasteiger partial charge < -0.3 is 4.74 Å². The van der Waals surface area contributed by atoms with Crippen LogP contribution in [0, 0.1) is 6.92 Å². The minimum Gasteiger partial charge on any atom is -0.465 e. The van der Waals surface area contributed by atoms with Gasteiger partial charge in [0.25, 0.3) is 5.56 Å². The van der Waals surface area contributed by atoms with E-state index in [1.165, 1.54) is 11.7 Å². The second-order valence-electron chi connectivity index (χ2n) is 6.26. The van der Waals surface area contributed by atoms with Gasteiger partial charge in [-0.05, 0) is 30.7 Å². The molecule has 0 N–H and O–H groups in total. The molecule has 6 nitrogen and oxygen atoms in total. The first kappa shape index (κ1) is 17.6. The van der Waals surface area contributed by atoms with E-state index in [1.807, 2.05) is 30.3 Å². The molecule has 0 aliphatic heterocycles. The molecule has 0 unspecified atom stereocenters. The standard InChI is InChI=1S/C22H17N3O3/c1-14-18(22(27)28-2)19(15-6-4-3-5-7-15)20-17(24-14)10-13-25(21(20)26)16-8-11-23-12-9-16/h3-13H,1-2H3. The van der Waals surface area contributed by atoms with E-state index in [9.17, 15) is 9.59 Å². The summed E-state index contributed by atoms with van der Waals surface area (Å²) in [5.74, 6) is -0.524. The van der Waals surface area contributed by atoms with Gasteiger partial charge in [0.15, 0.2) is 0 Å². The lowest BCUT2D eigenvalue weighted by atomic mass is 9.95. The summed E-state index contributed by atoms with van der Waals surface area (Å²) in [7, 11) is 1.32. The van der Waals surface area contributed by atoms with Gasteiger partial charge in [-0.15, -0.1) is 0 Å². The van der Waals surface area contributed by atoms with E-state index in [0.29, 0.717) is 33.4 Å². The number of hydrogen-bond acceptors (Lipinski definition) is 5. The number of ether oxygens (including phenoxy) is 1. The third-order valence-corrected chi connectivity index (χ3v) is 4.61. The number of hydrogen-bond donors (Lipinski definition) is 0. The molecule has 28 heavy (non-hydrogen) atoms. The molecular weight excluding hydrogens is 354 g/mol. The number of benzene rings is 1. The first-order chi connectivity index (χ1) is 13.6. The van der Waals surface area contributed by atoms with Crippen LogP contribution in [0.5, 0.6) is 0 Å². The van der Waals surface area contributed by atoms with E-state index in [2.05, 4.69) is 9.97 Å². The van der Waals surface area contributed by atoms with Gasteiger partial charge in [0, 0.05) is 24.2 Å². The van der Waals surface area contributed by atoms with Crippen molar-refractivity contribution in [1.29, 1.82) is 0 Å². The van der Waals surface area contributed by atoms with E-state index < -0.39 is 5.97 Å². The van der Waals surface area contributed by atoms with Crippen molar-refractivity contribution in [3.8, 4) is 16.8 Å². The highest BCUT2D eigenvalue weighted by Gasteiger charge is 2.23. The molecule has 6 heteroatoms. The predicted octanol–water partition coefficient (Wildman–Crippen LogP) is 3.54. The van der Waals surface area contributed by atoms with Crippen LogP contribution in [0.4, 0.5) is 0 Å². The van der Waals surface area contributed by atoms with E-state index in [4.69, 9.17) is 4.74 Å². The number of aryl methyl sites for hydroxylation is 1. The maximum Gasteiger partial charge on any atom is 0.340 e. The first-order valence-electron chi connectivity index (χ1n) is 8.72. The van der Waals surface area contributed by atoms with Crippen LogP contribution in [0.3, 0.4) is 0 Å². The van der Waals surface area contributed by atoms with Crippen molar-refractivity contribution in [1.82, 2.24) is 14.5 Å². The van der Waals surface area contributed by atoms with E-state index in [0.717, 1.165) is 5.56 Å². The summed E-state index contributed by atoms with van der Waals surface area (Å²) < 4.78 is 6.51. The smallest absolute Gasteiger partial charge is 0.340 e. The maximum atomic E-state index is 13.4. The Kier molecular flexibility index (Phi) is 4.45. The van der Waals surface area contributed by atoms with Crippen LogP contribution in [-0.4, -0.2) is 27.6 Å². The molecule has 3 aromatic heterocycles. The Morgan fingerprint density at radius 1 is 1.04 bits per heavy atom. The lowest BCUT2D eigenvalue weighted by Crippen LogP contribution is -2.20. The summed E-state index contributed by atoms with van der Waals surface area (Å²) in [5, 5.41) is 0.372. The summed E-state index contributed by atoms with van der Waals surface area (Å²) >= 11 is 0. The van der Waals surface area contributed by atoms with E-state index in [1.54, 1.807) is 43.7 Å². The molecule has 4 rings (SSSR count). The quantitative estimate of drug-likeness (QED) is 0.515. The minimum atomic E-state index is -0.524. The van der Waals surface area contributed by atoms with Crippen molar-refractivity contribution in [2.24, 2.45) is 0 Å². The monoisotopic (exact) mass is 371 g/mol. The Morgan fingerprint density at radius 2 is 1.75 bits per heavy atom. The first-order valence-corrected chi connectivity index (χ1v) is 8.72. The lowest BCUT2D eigenvalue weighted by Gasteiger charge is -2.15. The van der Waals surface area contributed by atoms with Gasteiger partial charge in [-0.1, -0.05) is 30.3 Å². The van der Waals surface area contributed by atoms with Crippen LogP contribution in [0.15, 0.2) is 71.9 Å². The molecule has 0 fully saturated rings. The Morgan fingerprint density at radius 3 is 2.43 bits per heavy atom. The van der Waals surface area contributed by atoms with Crippen LogP contribution in [-0.2, 0) is 4.74 Å². The number of methoxy groups -OCH3 is 1. The van der Waals surface area contributed by atoms with E-state index in [-0.39, 0.29) is 5.56 Å². The number of aromatic nitrogens is 3. The lowest BCUT2D eigenvalue weighted by molar-refractivity contribution is 0.0600. The third kappa shape index (κ3) is 2.85. The Balaban J connectivity index is 2.17. The number of rotatable bonds is 3. The zero-order valence-electron chi connectivity index (χ0n) is 15.4. The molecule has 1 aromatic carbocycles. The van der Waals surface area contributed by atoms with Crippen LogP contribution >= 0.6 is 0 Å². The van der Waals surface area contributed by atoms with Gasteiger partial charge >= 0.3 is 5.97 Å². The second-order valence-corrected chi connectivity index (χ2v) is 6.26. The highest BCUT2D eigenvalue weighted by Crippen LogP contribution is 2.31. The molecule has 0 atom stereocenters. The summed E-state index contributed by atoms with van der Waals surface area (Å²) in [5.41, 5.74) is 3.04. The highest BCUT2D eigenvalue weighted by atomic mass is 16.5. The Hall–Kier alpha value is -3.80. The van der Waals surface area contributed by atoms with Crippen LogP contribution in [0.2, 0.25) is 0 Å². The number of esters is 1. The summed E-state index contributed by atoms with van der Waals surface area (Å²) in [6.45, 7) is 1.74. The largest absolute Gasteiger partial charge is 0.465 e. The van der Waals surface area contributed by atoms with Crippen LogP contribution in [0.1, 0.15) is 16.1 Å². The molecular formula is C22H17N3O3. The van der Waals surface area contributed by atoms with Crippen molar-refractivity contribution >= 4 is 16.9 Å². The van der Waals surface area contributed by atoms with Crippen molar-refractivity contribution < 1.29 is 9.53 Å². The maximum absolute atomic E-state index is 13.4. The molecule has 3 heterocycles. The highest BCUT2D eigenvalue weighted by molar-refractivity contribution is 6.07. The fourth-order valence-corrected chi connectivity index (χ4v) is 3.35. The molecule has 0 saturated heterocycles. The predicted molar refractivity (Wildman–Crippen MR) is 107 cm³/mol. The molecule has 138 valence electrons. The van der Waals surface area contributed by atoms with Gasteiger partial charge in [0.2, 0.25) is 0 Å². The zero-order chi connectivity index (χ0) is 19.7. The van der Waals surface area contributed by atoms with Gasteiger partial charge in [0.1, 0.15) is 0 Å². The summed E-state index contributed by atoms with van der Waals surface area (Å²) in [4.78, 5) is 34.5. The number of nitrogens with zero attached hydrogens (tertiary/aromatic N) is 3. The van der Waals surface area contributed by atoms with Gasteiger partial charge in [-0.3, -0.25) is 19.3 Å². The number of fused-ring (bicyclic) bond motifs is 1. The average molecular weight is 371 g/mol. The van der Waals surface area contributed by atoms with Gasteiger partial charge in [0.05, 0.1) is 35.0 Å². The SMILES string of the molecule is COC(=O)c1c(C)nc2ccn(-c3ccncc3)c(=O)c2c1-c1ccccc1. The topological polar surface area (TPSA) is 74.1 Å². The second kappa shape index (κ2) is 7.08. The van der Waals surface area contributed by atoms with Gasteiger partial charge in [-0.25, -0.2) is 4.79 Å². The minimum absolute atomic E-state index is 0.264. The summed E-state index contributed by atoms with van der Waals surface area (Å²) in [6, 6.07) is 14.6. The number of pyridine rings is 3. The van der Waals surface area contributed by atoms with Crippen molar-refractivity contribution in [2.75, 3.05) is 7.11 Å². The van der Waals surface area contributed by atoms with Gasteiger partial charge in [-0.2, -0.15) is 0 Å². The molecule has 4 aromatic rings. The Bertz CT molecular complexity index is 1230. The van der Waals surface area contributed by atoms with Crippen LogP contribution < -0.4 is 5.56 Å². The Labute approximate surface area is 161 Å². The fourth-order valence-electron chi connectivity index (χ4n) is 3.35. The number of carbonyl (C=O) groups is 1. The molecule has 0 bridgehead atoms.